The first kappa shape index (κ1) is 20.2. The van der Waals surface area contributed by atoms with Crippen molar-refractivity contribution in [2.75, 3.05) is 7.05 Å². The number of carbonyl (C=O) groups excluding carboxylic acids is 2. The molecule has 1 fully saturated rings. The van der Waals surface area contributed by atoms with Crippen molar-refractivity contribution in [2.45, 2.75) is 25.8 Å². The third kappa shape index (κ3) is 3.87. The summed E-state index contributed by atoms with van der Waals surface area (Å²) in [6, 6.07) is 10.3. The molecule has 2 amide bonds. The van der Waals surface area contributed by atoms with Gasteiger partial charge in [0.1, 0.15) is 17.1 Å². The summed E-state index contributed by atoms with van der Waals surface area (Å²) in [5.74, 6) is -1.28. The monoisotopic (exact) mass is 397 g/mol. The molecule has 0 aromatic heterocycles. The quantitative estimate of drug-likeness (QED) is 0.488. The van der Waals surface area contributed by atoms with Crippen LogP contribution < -0.4 is 5.32 Å². The zero-order valence-electron chi connectivity index (χ0n) is 16.2. The Morgan fingerprint density at radius 3 is 2.48 bits per heavy atom. The van der Waals surface area contributed by atoms with Gasteiger partial charge in [0.15, 0.2) is 0 Å². The topological polar surface area (TPSA) is 92.5 Å². The Kier molecular flexibility index (Phi) is 5.19. The van der Waals surface area contributed by atoms with Crippen molar-refractivity contribution in [1.29, 1.82) is 0 Å². The molecule has 2 aromatic carbocycles. The third-order valence-corrected chi connectivity index (χ3v) is 5.01. The number of nitrogens with zero attached hydrogens (tertiary/aromatic N) is 2. The summed E-state index contributed by atoms with van der Waals surface area (Å²) in [4.78, 5) is 37.9. The van der Waals surface area contributed by atoms with Crippen LogP contribution in [0, 0.1) is 22.9 Å². The fourth-order valence-corrected chi connectivity index (χ4v) is 3.44. The highest BCUT2D eigenvalue weighted by Crippen LogP contribution is 2.29. The smallest absolute Gasteiger partial charge is 0.276 e. The number of piperazine rings is 1. The maximum absolute atomic E-state index is 13.1. The average Bonchev–Trinajstić information content (AvgIpc) is 2.66. The lowest BCUT2D eigenvalue weighted by atomic mass is 9.88. The number of benzene rings is 2. The summed E-state index contributed by atoms with van der Waals surface area (Å²) in [6.45, 7) is 3.29. The molecule has 3 rings (SSSR count). The number of nitrogens with one attached hydrogen (secondary N) is 1. The van der Waals surface area contributed by atoms with Crippen LogP contribution in [0.25, 0.3) is 6.08 Å². The number of amides is 2. The van der Waals surface area contributed by atoms with E-state index < -0.39 is 16.4 Å². The molecular formula is C21H20FN3O4. The van der Waals surface area contributed by atoms with Gasteiger partial charge in [-0.15, -0.1) is 0 Å². The number of hydrogen-bond acceptors (Lipinski definition) is 4. The molecule has 0 aliphatic carbocycles. The molecule has 1 aliphatic heterocycles. The van der Waals surface area contributed by atoms with Crippen LogP contribution in [-0.2, 0) is 16.0 Å². The van der Waals surface area contributed by atoms with Gasteiger partial charge in [-0.05, 0) is 43.2 Å². The number of nitro benzene ring substituents is 1. The molecule has 1 saturated heterocycles. The Balaban J connectivity index is 1.96. The van der Waals surface area contributed by atoms with E-state index >= 15 is 0 Å². The highest BCUT2D eigenvalue weighted by molar-refractivity contribution is 6.09. The standard InChI is InChI=1S/C21H20FN3O4/c1-13-5-4-6-17(25(28)29)16(13)11-18-19(26)23-21(2,20(27)24(18)3)12-14-7-9-15(22)10-8-14/h4-11H,12H2,1-3H3,(H,23,26)/b18-11+. The number of aryl methyl sites for hydroxylation is 1. The lowest BCUT2D eigenvalue weighted by molar-refractivity contribution is -0.385. The lowest BCUT2D eigenvalue weighted by Crippen LogP contribution is -2.64. The predicted octanol–water partition coefficient (Wildman–Crippen LogP) is 2.97. The molecule has 2 aromatic rings. The zero-order chi connectivity index (χ0) is 21.3. The zero-order valence-corrected chi connectivity index (χ0v) is 16.2. The second-order valence-electron chi connectivity index (χ2n) is 7.25. The van der Waals surface area contributed by atoms with Crippen molar-refractivity contribution in [3.63, 3.8) is 0 Å². The summed E-state index contributed by atoms with van der Waals surface area (Å²) in [6.07, 6.45) is 1.54. The molecule has 150 valence electrons. The van der Waals surface area contributed by atoms with Crippen molar-refractivity contribution in [3.05, 3.63) is 80.8 Å². The largest absolute Gasteiger partial charge is 0.336 e. The van der Waals surface area contributed by atoms with E-state index in [0.29, 0.717) is 11.1 Å². The maximum atomic E-state index is 13.1. The first-order valence-electron chi connectivity index (χ1n) is 8.93. The van der Waals surface area contributed by atoms with E-state index in [1.165, 1.54) is 36.2 Å². The van der Waals surface area contributed by atoms with E-state index in [9.17, 15) is 24.1 Å². The van der Waals surface area contributed by atoms with Gasteiger partial charge in [0.2, 0.25) is 0 Å². The molecule has 0 radical (unpaired) electrons. The van der Waals surface area contributed by atoms with Gasteiger partial charge in [-0.25, -0.2) is 4.39 Å². The van der Waals surface area contributed by atoms with Gasteiger partial charge in [0, 0.05) is 19.5 Å². The van der Waals surface area contributed by atoms with Crippen LogP contribution >= 0.6 is 0 Å². The maximum Gasteiger partial charge on any atom is 0.276 e. The SMILES string of the molecule is Cc1cccc([N+](=O)[O-])c1/C=C1\C(=O)NC(C)(Cc2ccc(F)cc2)C(=O)N1C. The van der Waals surface area contributed by atoms with Crippen LogP contribution in [0.5, 0.6) is 0 Å². The second-order valence-corrected chi connectivity index (χ2v) is 7.25. The lowest BCUT2D eigenvalue weighted by Gasteiger charge is -2.39. The second kappa shape index (κ2) is 7.46. The van der Waals surface area contributed by atoms with E-state index in [2.05, 4.69) is 5.32 Å². The molecule has 1 aliphatic rings. The average molecular weight is 397 g/mol. The predicted molar refractivity (Wildman–Crippen MR) is 105 cm³/mol. The van der Waals surface area contributed by atoms with Crippen LogP contribution in [0.3, 0.4) is 0 Å². The van der Waals surface area contributed by atoms with Gasteiger partial charge in [-0.3, -0.25) is 19.7 Å². The Morgan fingerprint density at radius 1 is 1.21 bits per heavy atom. The van der Waals surface area contributed by atoms with Gasteiger partial charge in [0.05, 0.1) is 10.5 Å². The highest BCUT2D eigenvalue weighted by atomic mass is 19.1. The minimum absolute atomic E-state index is 0.0176. The van der Waals surface area contributed by atoms with E-state index in [1.807, 2.05) is 0 Å². The van der Waals surface area contributed by atoms with Crippen LogP contribution in [0.4, 0.5) is 10.1 Å². The first-order valence-corrected chi connectivity index (χ1v) is 8.93. The van der Waals surface area contributed by atoms with Crippen molar-refractivity contribution in [1.82, 2.24) is 10.2 Å². The van der Waals surface area contributed by atoms with Gasteiger partial charge in [-0.1, -0.05) is 24.3 Å². The van der Waals surface area contributed by atoms with Crippen molar-refractivity contribution < 1.29 is 18.9 Å². The Hall–Kier alpha value is -3.55. The number of hydrogen-bond donors (Lipinski definition) is 1. The molecule has 1 atom stereocenters. The number of nitro groups is 1. The molecule has 1 heterocycles. The highest BCUT2D eigenvalue weighted by Gasteiger charge is 2.44. The Morgan fingerprint density at radius 2 is 1.86 bits per heavy atom. The van der Waals surface area contributed by atoms with Gasteiger partial charge < -0.3 is 10.2 Å². The van der Waals surface area contributed by atoms with Crippen LogP contribution in [-0.4, -0.2) is 34.2 Å². The summed E-state index contributed by atoms with van der Waals surface area (Å²) >= 11 is 0. The number of halogens is 1. The molecule has 0 bridgehead atoms. The molecule has 29 heavy (non-hydrogen) atoms. The van der Waals surface area contributed by atoms with Crippen molar-refractivity contribution >= 4 is 23.6 Å². The van der Waals surface area contributed by atoms with E-state index in [4.69, 9.17) is 0 Å². The Bertz CT molecular complexity index is 1030. The summed E-state index contributed by atoms with van der Waals surface area (Å²) < 4.78 is 13.1. The normalized spacial score (nSPS) is 20.7. The van der Waals surface area contributed by atoms with Gasteiger partial charge in [0.25, 0.3) is 17.5 Å². The fraction of sp³-hybridized carbons (Fsp3) is 0.238. The summed E-state index contributed by atoms with van der Waals surface area (Å²) in [7, 11) is 1.46. The minimum atomic E-state index is -1.22. The molecule has 1 unspecified atom stereocenters. The number of likely N-dealkylation sites (N-methyl/N-ethyl adjacent to an activating group) is 1. The van der Waals surface area contributed by atoms with Gasteiger partial charge >= 0.3 is 0 Å². The van der Waals surface area contributed by atoms with Gasteiger partial charge in [-0.2, -0.15) is 0 Å². The van der Waals surface area contributed by atoms with Crippen LogP contribution in [0.15, 0.2) is 48.2 Å². The van der Waals surface area contributed by atoms with E-state index in [-0.39, 0.29) is 35.1 Å². The molecule has 7 nitrogen and oxygen atoms in total. The third-order valence-electron chi connectivity index (χ3n) is 5.01. The molecule has 0 spiro atoms. The molecular weight excluding hydrogens is 377 g/mol. The molecule has 1 N–H and O–H groups in total. The number of rotatable bonds is 4. The number of carbonyl (C=O) groups is 2. The van der Waals surface area contributed by atoms with Crippen molar-refractivity contribution in [2.24, 2.45) is 0 Å². The van der Waals surface area contributed by atoms with E-state index in [1.54, 1.807) is 38.1 Å². The molecule has 8 heteroatoms. The van der Waals surface area contributed by atoms with Crippen LogP contribution in [0.2, 0.25) is 0 Å². The van der Waals surface area contributed by atoms with Crippen LogP contribution in [0.1, 0.15) is 23.6 Å². The molecule has 0 saturated carbocycles. The summed E-state index contributed by atoms with van der Waals surface area (Å²) in [5, 5.41) is 14.1. The minimum Gasteiger partial charge on any atom is -0.336 e. The fourth-order valence-electron chi connectivity index (χ4n) is 3.44. The first-order chi connectivity index (χ1) is 13.6. The van der Waals surface area contributed by atoms with E-state index in [0.717, 1.165) is 0 Å². The summed E-state index contributed by atoms with van der Waals surface area (Å²) in [5.41, 5.74) is 0.218. The van der Waals surface area contributed by atoms with Crippen molar-refractivity contribution in [3.8, 4) is 0 Å². The Labute approximate surface area is 167 Å².